The van der Waals surface area contributed by atoms with E-state index in [1.54, 1.807) is 22.7 Å². The minimum Gasteiger partial charge on any atom is -0.152 e. The standard InChI is InChI=1S/C8H5ClS.C4H4S/c9-8-5-6-3-1-2-4-7(6)10-8;1-2-4-5-3-1/h1-5H;1-4H. The Morgan fingerprint density at radius 3 is 2.27 bits per heavy atom. The molecular formula is C12H9ClS2. The molecule has 0 nitrogen and oxygen atoms in total. The van der Waals surface area contributed by atoms with Gasteiger partial charge in [-0.3, -0.25) is 0 Å². The van der Waals surface area contributed by atoms with E-state index < -0.39 is 0 Å². The maximum atomic E-state index is 5.80. The Morgan fingerprint density at radius 2 is 1.67 bits per heavy atom. The van der Waals surface area contributed by atoms with Crippen molar-refractivity contribution in [1.82, 2.24) is 0 Å². The lowest BCUT2D eigenvalue weighted by atomic mass is 10.3. The van der Waals surface area contributed by atoms with Gasteiger partial charge in [0.25, 0.3) is 0 Å². The van der Waals surface area contributed by atoms with Crippen LogP contribution in [0.2, 0.25) is 4.34 Å². The minimum absolute atomic E-state index is 0.862. The first-order valence-electron chi connectivity index (χ1n) is 4.47. The van der Waals surface area contributed by atoms with Crippen molar-refractivity contribution in [3.63, 3.8) is 0 Å². The Morgan fingerprint density at radius 1 is 0.933 bits per heavy atom. The zero-order chi connectivity index (χ0) is 10.5. The molecule has 15 heavy (non-hydrogen) atoms. The lowest BCUT2D eigenvalue weighted by molar-refractivity contribution is 1.86. The van der Waals surface area contributed by atoms with Crippen molar-refractivity contribution in [2.75, 3.05) is 0 Å². The molecule has 0 aliphatic rings. The summed E-state index contributed by atoms with van der Waals surface area (Å²) in [4.78, 5) is 0. The van der Waals surface area contributed by atoms with Crippen molar-refractivity contribution >= 4 is 44.4 Å². The first kappa shape index (κ1) is 10.7. The summed E-state index contributed by atoms with van der Waals surface area (Å²) in [6, 6.07) is 14.2. The van der Waals surface area contributed by atoms with E-state index >= 15 is 0 Å². The highest BCUT2D eigenvalue weighted by Crippen LogP contribution is 2.28. The molecule has 0 unspecified atom stereocenters. The molecule has 3 aromatic rings. The Bertz CT molecular complexity index is 461. The maximum Gasteiger partial charge on any atom is 0.0940 e. The highest BCUT2D eigenvalue weighted by atomic mass is 35.5. The second-order valence-corrected chi connectivity index (χ2v) is 5.41. The van der Waals surface area contributed by atoms with Gasteiger partial charge in [-0.2, -0.15) is 11.3 Å². The van der Waals surface area contributed by atoms with Crippen LogP contribution in [-0.4, -0.2) is 0 Å². The van der Waals surface area contributed by atoms with Crippen LogP contribution in [0.4, 0.5) is 0 Å². The van der Waals surface area contributed by atoms with Gasteiger partial charge in [0.05, 0.1) is 4.34 Å². The first-order valence-corrected chi connectivity index (χ1v) is 6.61. The molecule has 3 rings (SSSR count). The molecule has 1 aromatic carbocycles. The third-order valence-corrected chi connectivity index (χ3v) is 3.69. The number of thiophene rings is 2. The fourth-order valence-electron chi connectivity index (χ4n) is 1.18. The molecule has 76 valence electrons. The molecule has 0 amide bonds. The van der Waals surface area contributed by atoms with Gasteiger partial charge in [-0.1, -0.05) is 41.9 Å². The zero-order valence-corrected chi connectivity index (χ0v) is 10.3. The number of hydrogen-bond acceptors (Lipinski definition) is 2. The van der Waals surface area contributed by atoms with Gasteiger partial charge in [0, 0.05) is 4.70 Å². The topological polar surface area (TPSA) is 0 Å². The van der Waals surface area contributed by atoms with Gasteiger partial charge in [-0.05, 0) is 28.3 Å². The van der Waals surface area contributed by atoms with Crippen LogP contribution in [0.1, 0.15) is 0 Å². The summed E-state index contributed by atoms with van der Waals surface area (Å²) in [7, 11) is 0. The number of hydrogen-bond donors (Lipinski definition) is 0. The van der Waals surface area contributed by atoms with Crippen molar-refractivity contribution < 1.29 is 0 Å². The van der Waals surface area contributed by atoms with Gasteiger partial charge in [-0.25, -0.2) is 0 Å². The van der Waals surface area contributed by atoms with Gasteiger partial charge in [0.2, 0.25) is 0 Å². The van der Waals surface area contributed by atoms with Crippen molar-refractivity contribution in [2.45, 2.75) is 0 Å². The van der Waals surface area contributed by atoms with Gasteiger partial charge in [0.15, 0.2) is 0 Å². The molecule has 0 atom stereocenters. The second kappa shape index (κ2) is 5.31. The molecule has 2 aromatic heterocycles. The molecular weight excluding hydrogens is 244 g/mol. The van der Waals surface area contributed by atoms with E-state index in [0.29, 0.717) is 0 Å². The van der Waals surface area contributed by atoms with Crippen LogP contribution in [-0.2, 0) is 0 Å². The monoisotopic (exact) mass is 252 g/mol. The Balaban J connectivity index is 0.000000144. The predicted octanol–water partition coefficient (Wildman–Crippen LogP) is 5.30. The quantitative estimate of drug-likeness (QED) is 0.509. The van der Waals surface area contributed by atoms with Crippen LogP contribution < -0.4 is 0 Å². The van der Waals surface area contributed by atoms with E-state index in [9.17, 15) is 0 Å². The molecule has 0 aliphatic carbocycles. The van der Waals surface area contributed by atoms with E-state index in [1.807, 2.05) is 41.1 Å². The Kier molecular flexibility index (Phi) is 3.78. The van der Waals surface area contributed by atoms with E-state index in [1.165, 1.54) is 10.1 Å². The van der Waals surface area contributed by atoms with Gasteiger partial charge in [0.1, 0.15) is 0 Å². The Labute approximate surface area is 102 Å². The number of benzene rings is 1. The summed E-state index contributed by atoms with van der Waals surface area (Å²) >= 11 is 9.13. The largest absolute Gasteiger partial charge is 0.152 e. The number of rotatable bonds is 0. The molecule has 0 fully saturated rings. The van der Waals surface area contributed by atoms with Crippen LogP contribution in [0.3, 0.4) is 0 Å². The van der Waals surface area contributed by atoms with Crippen LogP contribution in [0.15, 0.2) is 53.2 Å². The lowest BCUT2D eigenvalue weighted by Gasteiger charge is -1.81. The summed E-state index contributed by atoms with van der Waals surface area (Å²) in [5.74, 6) is 0. The smallest absolute Gasteiger partial charge is 0.0940 e. The molecule has 2 heterocycles. The molecule has 0 N–H and O–H groups in total. The molecule has 3 heteroatoms. The number of halogens is 1. The SMILES string of the molecule is Clc1cc2ccccc2s1.c1ccsc1. The summed E-state index contributed by atoms with van der Waals surface area (Å²) in [6.07, 6.45) is 0. The maximum absolute atomic E-state index is 5.80. The van der Waals surface area contributed by atoms with E-state index in [-0.39, 0.29) is 0 Å². The molecule has 0 saturated carbocycles. The third kappa shape index (κ3) is 3.06. The van der Waals surface area contributed by atoms with E-state index in [0.717, 1.165) is 4.34 Å². The highest BCUT2D eigenvalue weighted by molar-refractivity contribution is 7.22. The van der Waals surface area contributed by atoms with Crippen LogP contribution in [0.5, 0.6) is 0 Å². The molecule has 0 aliphatic heterocycles. The van der Waals surface area contributed by atoms with E-state index in [4.69, 9.17) is 11.6 Å². The van der Waals surface area contributed by atoms with Gasteiger partial charge < -0.3 is 0 Å². The fourth-order valence-corrected chi connectivity index (χ4v) is 2.78. The molecule has 0 radical (unpaired) electrons. The van der Waals surface area contributed by atoms with E-state index in [2.05, 4.69) is 12.1 Å². The van der Waals surface area contributed by atoms with Gasteiger partial charge in [-0.15, -0.1) is 11.3 Å². The predicted molar refractivity (Wildman–Crippen MR) is 71.2 cm³/mol. The fraction of sp³-hybridized carbons (Fsp3) is 0. The van der Waals surface area contributed by atoms with Crippen molar-refractivity contribution in [2.24, 2.45) is 0 Å². The van der Waals surface area contributed by atoms with Crippen molar-refractivity contribution in [1.29, 1.82) is 0 Å². The van der Waals surface area contributed by atoms with Crippen molar-refractivity contribution in [3.05, 3.63) is 57.6 Å². The molecule has 0 saturated heterocycles. The second-order valence-electron chi connectivity index (χ2n) is 2.88. The van der Waals surface area contributed by atoms with Crippen LogP contribution in [0.25, 0.3) is 10.1 Å². The Hall–Kier alpha value is -0.830. The van der Waals surface area contributed by atoms with Gasteiger partial charge >= 0.3 is 0 Å². The summed E-state index contributed by atoms with van der Waals surface area (Å²) in [5.41, 5.74) is 0. The van der Waals surface area contributed by atoms with Crippen LogP contribution in [0, 0.1) is 0 Å². The first-order chi connectivity index (χ1) is 7.36. The third-order valence-electron chi connectivity index (χ3n) is 1.82. The highest BCUT2D eigenvalue weighted by Gasteiger charge is 1.95. The zero-order valence-electron chi connectivity index (χ0n) is 7.89. The normalized spacial score (nSPS) is 9.67. The van der Waals surface area contributed by atoms with Crippen LogP contribution >= 0.6 is 34.3 Å². The molecule has 0 bridgehead atoms. The summed E-state index contributed by atoms with van der Waals surface area (Å²) < 4.78 is 2.12. The lowest BCUT2D eigenvalue weighted by Crippen LogP contribution is -1.56. The number of fused-ring (bicyclic) bond motifs is 1. The van der Waals surface area contributed by atoms with Crippen molar-refractivity contribution in [3.8, 4) is 0 Å². The summed E-state index contributed by atoms with van der Waals surface area (Å²) in [5, 5.41) is 5.32. The average molecular weight is 253 g/mol. The molecule has 0 spiro atoms. The average Bonchev–Trinajstić information content (AvgIpc) is 2.87. The minimum atomic E-state index is 0.862. The summed E-state index contributed by atoms with van der Waals surface area (Å²) in [6.45, 7) is 0.